The maximum absolute atomic E-state index is 12.3. The third-order valence-electron chi connectivity index (χ3n) is 3.49. The fourth-order valence-electron chi connectivity index (χ4n) is 2.48. The van der Waals surface area contributed by atoms with Crippen molar-refractivity contribution in [2.24, 2.45) is 5.92 Å². The van der Waals surface area contributed by atoms with E-state index in [2.05, 4.69) is 10.2 Å². The van der Waals surface area contributed by atoms with Gasteiger partial charge in [-0.3, -0.25) is 4.79 Å². The summed E-state index contributed by atoms with van der Waals surface area (Å²) in [5.41, 5.74) is 1.22. The van der Waals surface area contributed by atoms with E-state index < -0.39 is 5.97 Å². The lowest BCUT2D eigenvalue weighted by Gasteiger charge is -2.15. The number of ether oxygens (including phenoxy) is 1. The summed E-state index contributed by atoms with van der Waals surface area (Å²) in [6.07, 6.45) is 2.71. The molecule has 114 valence electrons. The molecule has 1 aromatic heterocycles. The lowest BCUT2D eigenvalue weighted by Crippen LogP contribution is -2.29. The van der Waals surface area contributed by atoms with Crippen molar-refractivity contribution in [1.29, 1.82) is 0 Å². The van der Waals surface area contributed by atoms with Crippen LogP contribution in [0.5, 0.6) is 0 Å². The van der Waals surface area contributed by atoms with E-state index in [-0.39, 0.29) is 11.6 Å². The van der Waals surface area contributed by atoms with Gasteiger partial charge in [0.25, 0.3) is 5.91 Å². The predicted octanol–water partition coefficient (Wildman–Crippen LogP) is 1.70. The second kappa shape index (κ2) is 6.65. The highest BCUT2D eigenvalue weighted by molar-refractivity contribution is 5.94. The number of aromatic nitrogens is 2. The molecule has 0 bridgehead atoms. The third kappa shape index (κ3) is 3.56. The number of nitrogens with zero attached hydrogens (tertiary/aromatic N) is 3. The number of carbonyl (C=O) groups excluding carboxylic acids is 2. The van der Waals surface area contributed by atoms with Gasteiger partial charge in [0.2, 0.25) is 0 Å². The van der Waals surface area contributed by atoms with Gasteiger partial charge in [-0.15, -0.1) is 10.2 Å². The molecule has 1 fully saturated rings. The van der Waals surface area contributed by atoms with Gasteiger partial charge in [0.15, 0.2) is 11.4 Å². The van der Waals surface area contributed by atoms with Crippen LogP contribution in [0.15, 0.2) is 6.07 Å². The minimum Gasteiger partial charge on any atom is -0.464 e. The maximum Gasteiger partial charge on any atom is 0.358 e. The fourth-order valence-corrected chi connectivity index (χ4v) is 2.48. The van der Waals surface area contributed by atoms with Crippen LogP contribution in [-0.4, -0.2) is 47.2 Å². The van der Waals surface area contributed by atoms with Crippen molar-refractivity contribution in [3.63, 3.8) is 0 Å². The van der Waals surface area contributed by atoms with Gasteiger partial charge >= 0.3 is 5.97 Å². The molecule has 0 radical (unpaired) electrons. The van der Waals surface area contributed by atoms with Gasteiger partial charge in [-0.25, -0.2) is 4.79 Å². The van der Waals surface area contributed by atoms with E-state index in [1.54, 1.807) is 11.0 Å². The molecule has 0 aliphatic carbocycles. The first-order valence-electron chi connectivity index (χ1n) is 7.27. The lowest BCUT2D eigenvalue weighted by molar-refractivity contribution is 0.0589. The minimum atomic E-state index is -0.515. The van der Waals surface area contributed by atoms with Crippen molar-refractivity contribution < 1.29 is 14.3 Å². The highest BCUT2D eigenvalue weighted by atomic mass is 16.5. The number of hydrogen-bond acceptors (Lipinski definition) is 5. The molecule has 1 saturated heterocycles. The molecule has 21 heavy (non-hydrogen) atoms. The summed E-state index contributed by atoms with van der Waals surface area (Å²) < 4.78 is 4.72. The number of methoxy groups -OCH3 is 1. The molecule has 6 heteroatoms. The van der Waals surface area contributed by atoms with Gasteiger partial charge in [-0.05, 0) is 36.8 Å². The highest BCUT2D eigenvalue weighted by Crippen LogP contribution is 2.16. The largest absolute Gasteiger partial charge is 0.464 e. The molecular weight excluding hydrogens is 270 g/mol. The molecule has 1 amide bonds. The van der Waals surface area contributed by atoms with Crippen LogP contribution in [0.1, 0.15) is 53.2 Å². The minimum absolute atomic E-state index is 0.110. The van der Waals surface area contributed by atoms with Crippen LogP contribution in [-0.2, 0) is 11.2 Å². The number of likely N-dealkylation sites (tertiary alicyclic amines) is 1. The fraction of sp³-hybridized carbons (Fsp3) is 0.600. The lowest BCUT2D eigenvalue weighted by atomic mass is 10.0. The quantitative estimate of drug-likeness (QED) is 0.789. The molecule has 0 atom stereocenters. The Bertz CT molecular complexity index is 537. The summed E-state index contributed by atoms with van der Waals surface area (Å²) in [5.74, 6) is -0.285. The van der Waals surface area contributed by atoms with Crippen LogP contribution in [0.4, 0.5) is 0 Å². The van der Waals surface area contributed by atoms with E-state index in [0.29, 0.717) is 18.0 Å². The third-order valence-corrected chi connectivity index (χ3v) is 3.49. The number of esters is 1. The first kappa shape index (κ1) is 15.4. The topological polar surface area (TPSA) is 72.4 Å². The molecule has 1 aliphatic rings. The number of rotatable bonds is 4. The van der Waals surface area contributed by atoms with E-state index in [1.807, 2.05) is 13.8 Å². The van der Waals surface area contributed by atoms with Gasteiger partial charge < -0.3 is 9.64 Å². The SMILES string of the molecule is COC(=O)c1nnc(C(=O)N2CCCC2)cc1CC(C)C. The first-order chi connectivity index (χ1) is 10.0. The Balaban J connectivity index is 2.31. The van der Waals surface area contributed by atoms with Crippen molar-refractivity contribution >= 4 is 11.9 Å². The molecule has 2 heterocycles. The van der Waals surface area contributed by atoms with Crippen LogP contribution in [0.3, 0.4) is 0 Å². The molecule has 1 aliphatic heterocycles. The van der Waals surface area contributed by atoms with Crippen LogP contribution < -0.4 is 0 Å². The normalized spacial score (nSPS) is 14.6. The van der Waals surface area contributed by atoms with Crippen molar-refractivity contribution in [2.75, 3.05) is 20.2 Å². The molecule has 1 aromatic rings. The van der Waals surface area contributed by atoms with E-state index >= 15 is 0 Å². The second-order valence-corrected chi connectivity index (χ2v) is 5.69. The summed E-state index contributed by atoms with van der Waals surface area (Å²) in [5, 5.41) is 7.84. The molecule has 2 rings (SSSR count). The van der Waals surface area contributed by atoms with E-state index in [1.165, 1.54) is 7.11 Å². The first-order valence-corrected chi connectivity index (χ1v) is 7.27. The Hall–Kier alpha value is -1.98. The Morgan fingerprint density at radius 3 is 2.52 bits per heavy atom. The zero-order chi connectivity index (χ0) is 15.4. The molecule has 0 unspecified atom stereocenters. The van der Waals surface area contributed by atoms with E-state index in [9.17, 15) is 9.59 Å². The van der Waals surface area contributed by atoms with Crippen molar-refractivity contribution in [3.05, 3.63) is 23.0 Å². The monoisotopic (exact) mass is 291 g/mol. The summed E-state index contributed by atoms with van der Waals surface area (Å²) in [4.78, 5) is 25.9. The Kier molecular flexibility index (Phi) is 4.88. The smallest absolute Gasteiger partial charge is 0.358 e. The average molecular weight is 291 g/mol. The van der Waals surface area contributed by atoms with Crippen LogP contribution >= 0.6 is 0 Å². The van der Waals surface area contributed by atoms with Gasteiger partial charge in [-0.2, -0.15) is 0 Å². The second-order valence-electron chi connectivity index (χ2n) is 5.69. The molecule has 0 saturated carbocycles. The molecule has 0 aromatic carbocycles. The molecule has 0 N–H and O–H groups in total. The van der Waals surface area contributed by atoms with Crippen molar-refractivity contribution in [1.82, 2.24) is 15.1 Å². The summed E-state index contributed by atoms with van der Waals surface area (Å²) in [7, 11) is 1.31. The van der Waals surface area contributed by atoms with Gasteiger partial charge in [-0.1, -0.05) is 13.8 Å². The number of amides is 1. The predicted molar refractivity (Wildman–Crippen MR) is 77.1 cm³/mol. The van der Waals surface area contributed by atoms with Gasteiger partial charge in [0, 0.05) is 13.1 Å². The van der Waals surface area contributed by atoms with Gasteiger partial charge in [0.05, 0.1) is 7.11 Å². The number of hydrogen-bond donors (Lipinski definition) is 0. The van der Waals surface area contributed by atoms with Crippen molar-refractivity contribution in [2.45, 2.75) is 33.1 Å². The molecular formula is C15H21N3O3. The highest BCUT2D eigenvalue weighted by Gasteiger charge is 2.24. The van der Waals surface area contributed by atoms with Crippen LogP contribution in [0.25, 0.3) is 0 Å². The Morgan fingerprint density at radius 2 is 1.95 bits per heavy atom. The average Bonchev–Trinajstić information content (AvgIpc) is 2.99. The zero-order valence-electron chi connectivity index (χ0n) is 12.8. The Labute approximate surface area is 124 Å². The van der Waals surface area contributed by atoms with E-state index in [0.717, 1.165) is 31.5 Å². The molecule has 6 nitrogen and oxygen atoms in total. The standard InChI is InChI=1S/C15H21N3O3/c1-10(2)8-11-9-12(14(19)18-6-4-5-7-18)16-17-13(11)15(20)21-3/h9-10H,4-8H2,1-3H3. The molecule has 0 spiro atoms. The Morgan fingerprint density at radius 1 is 1.29 bits per heavy atom. The summed E-state index contributed by atoms with van der Waals surface area (Å²) in [6.45, 7) is 5.62. The van der Waals surface area contributed by atoms with E-state index in [4.69, 9.17) is 4.74 Å². The van der Waals surface area contributed by atoms with Crippen LogP contribution in [0, 0.1) is 5.92 Å². The van der Waals surface area contributed by atoms with Crippen LogP contribution in [0.2, 0.25) is 0 Å². The van der Waals surface area contributed by atoms with Crippen molar-refractivity contribution in [3.8, 4) is 0 Å². The zero-order valence-corrected chi connectivity index (χ0v) is 12.8. The summed E-state index contributed by atoms with van der Waals surface area (Å²) in [6, 6.07) is 1.68. The van der Waals surface area contributed by atoms with Gasteiger partial charge in [0.1, 0.15) is 0 Å². The maximum atomic E-state index is 12.3. The number of carbonyl (C=O) groups is 2. The summed E-state index contributed by atoms with van der Waals surface area (Å²) >= 11 is 0.